The molecule has 3 N–H and O–H groups in total. The maximum atomic E-state index is 10.5. The van der Waals surface area contributed by atoms with E-state index in [9.17, 15) is 5.11 Å². The van der Waals surface area contributed by atoms with Gasteiger partial charge < -0.3 is 20.5 Å². The molecule has 28 heavy (non-hydrogen) atoms. The van der Waals surface area contributed by atoms with Crippen molar-refractivity contribution in [2.24, 2.45) is 0 Å². The fraction of sp³-hybridized carbons (Fsp3) is 0.450. The van der Waals surface area contributed by atoms with E-state index in [1.165, 1.54) is 0 Å². The summed E-state index contributed by atoms with van der Waals surface area (Å²) >= 11 is 0. The van der Waals surface area contributed by atoms with Crippen LogP contribution in [0.1, 0.15) is 32.3 Å². The van der Waals surface area contributed by atoms with Crippen molar-refractivity contribution in [3.8, 4) is 17.1 Å². The van der Waals surface area contributed by atoms with Crippen LogP contribution < -0.4 is 15.4 Å². The van der Waals surface area contributed by atoms with Crippen molar-refractivity contribution in [1.29, 1.82) is 0 Å². The second-order valence-electron chi connectivity index (χ2n) is 7.66. The summed E-state index contributed by atoms with van der Waals surface area (Å²) < 4.78 is 7.35. The number of aromatic nitrogens is 4. The fourth-order valence-corrected chi connectivity index (χ4v) is 3.57. The molecule has 0 radical (unpaired) electrons. The van der Waals surface area contributed by atoms with Crippen molar-refractivity contribution >= 4 is 11.5 Å². The first kappa shape index (κ1) is 18.6. The molecule has 3 aromatic heterocycles. The van der Waals surface area contributed by atoms with Crippen LogP contribution in [-0.4, -0.2) is 50.7 Å². The molecule has 8 heteroatoms. The standard InChI is InChI=1S/C20H26N6O2/c1-20(2,27)14-12-26-16(10-23-19(26)7-17(14)28-3)15-9-22-11-18(25-15)24-13-5-4-6-21-8-13/h7,9-13,21,27H,4-6,8H2,1-3H3,(H,24,25). The van der Waals surface area contributed by atoms with Gasteiger partial charge in [0.15, 0.2) is 0 Å². The zero-order chi connectivity index (χ0) is 19.7. The molecular weight excluding hydrogens is 356 g/mol. The number of aliphatic hydroxyl groups is 1. The molecule has 148 valence electrons. The summed E-state index contributed by atoms with van der Waals surface area (Å²) in [6.45, 7) is 5.46. The Bertz CT molecular complexity index is 972. The third-order valence-electron chi connectivity index (χ3n) is 5.03. The Balaban J connectivity index is 1.72. The summed E-state index contributed by atoms with van der Waals surface area (Å²) in [4.78, 5) is 13.6. The Morgan fingerprint density at radius 3 is 2.89 bits per heavy atom. The van der Waals surface area contributed by atoms with Crippen LogP contribution in [0.15, 0.2) is 30.9 Å². The van der Waals surface area contributed by atoms with Gasteiger partial charge in [0.2, 0.25) is 0 Å². The van der Waals surface area contributed by atoms with E-state index in [4.69, 9.17) is 9.72 Å². The fourth-order valence-electron chi connectivity index (χ4n) is 3.57. The zero-order valence-corrected chi connectivity index (χ0v) is 16.4. The lowest BCUT2D eigenvalue weighted by atomic mass is 9.99. The Morgan fingerprint density at radius 1 is 1.32 bits per heavy atom. The van der Waals surface area contributed by atoms with Gasteiger partial charge in [-0.1, -0.05) is 0 Å². The zero-order valence-electron chi connectivity index (χ0n) is 16.4. The van der Waals surface area contributed by atoms with Gasteiger partial charge in [-0.15, -0.1) is 0 Å². The quantitative estimate of drug-likeness (QED) is 0.622. The molecule has 1 atom stereocenters. The second-order valence-corrected chi connectivity index (χ2v) is 7.66. The minimum absolute atomic E-state index is 0.353. The average Bonchev–Trinajstić information content (AvgIpc) is 3.10. The van der Waals surface area contributed by atoms with Crippen LogP contribution >= 0.6 is 0 Å². The minimum Gasteiger partial charge on any atom is -0.496 e. The molecule has 4 rings (SSSR count). The van der Waals surface area contributed by atoms with Crippen molar-refractivity contribution in [3.63, 3.8) is 0 Å². The van der Waals surface area contributed by atoms with E-state index in [0.717, 1.165) is 43.1 Å². The monoisotopic (exact) mass is 382 g/mol. The van der Waals surface area contributed by atoms with E-state index in [0.29, 0.717) is 23.0 Å². The largest absolute Gasteiger partial charge is 0.496 e. The number of ether oxygens (including phenoxy) is 1. The maximum Gasteiger partial charge on any atom is 0.145 e. The summed E-state index contributed by atoms with van der Waals surface area (Å²) in [6, 6.07) is 2.17. The summed E-state index contributed by atoms with van der Waals surface area (Å²) in [5.41, 5.74) is 1.87. The lowest BCUT2D eigenvalue weighted by Crippen LogP contribution is -2.38. The molecular formula is C20H26N6O2. The van der Waals surface area contributed by atoms with Gasteiger partial charge in [0.25, 0.3) is 0 Å². The van der Waals surface area contributed by atoms with E-state index < -0.39 is 5.60 Å². The van der Waals surface area contributed by atoms with E-state index in [2.05, 4.69) is 20.6 Å². The summed E-state index contributed by atoms with van der Waals surface area (Å²) in [5, 5.41) is 17.4. The first-order valence-electron chi connectivity index (χ1n) is 9.53. The normalized spacial score (nSPS) is 17.6. The molecule has 1 aliphatic heterocycles. The highest BCUT2D eigenvalue weighted by Gasteiger charge is 2.23. The molecule has 1 aliphatic rings. The maximum absolute atomic E-state index is 10.5. The molecule has 0 saturated carbocycles. The molecule has 0 bridgehead atoms. The van der Waals surface area contributed by atoms with Crippen molar-refractivity contribution in [3.05, 3.63) is 36.4 Å². The Labute approximate surface area is 164 Å². The number of rotatable bonds is 5. The van der Waals surface area contributed by atoms with Crippen molar-refractivity contribution < 1.29 is 9.84 Å². The lowest BCUT2D eigenvalue weighted by molar-refractivity contribution is 0.0752. The first-order chi connectivity index (χ1) is 13.5. The highest BCUT2D eigenvalue weighted by atomic mass is 16.5. The average molecular weight is 382 g/mol. The van der Waals surface area contributed by atoms with Gasteiger partial charge in [-0.3, -0.25) is 9.38 Å². The number of piperidine rings is 1. The molecule has 1 saturated heterocycles. The molecule has 0 aliphatic carbocycles. The van der Waals surface area contributed by atoms with E-state index >= 15 is 0 Å². The highest BCUT2D eigenvalue weighted by molar-refractivity contribution is 5.63. The number of fused-ring (bicyclic) bond motifs is 1. The summed E-state index contributed by atoms with van der Waals surface area (Å²) in [6.07, 6.45) is 9.35. The van der Waals surface area contributed by atoms with Crippen molar-refractivity contribution in [2.45, 2.75) is 38.3 Å². The smallest absolute Gasteiger partial charge is 0.145 e. The number of nitrogens with zero attached hydrogens (tertiary/aromatic N) is 4. The molecule has 0 spiro atoms. The van der Waals surface area contributed by atoms with E-state index in [-0.39, 0.29) is 0 Å². The molecule has 1 unspecified atom stereocenters. The van der Waals surface area contributed by atoms with Gasteiger partial charge >= 0.3 is 0 Å². The number of nitrogens with one attached hydrogen (secondary N) is 2. The van der Waals surface area contributed by atoms with Gasteiger partial charge in [-0.25, -0.2) is 9.97 Å². The number of pyridine rings is 1. The molecule has 1 fully saturated rings. The van der Waals surface area contributed by atoms with Crippen molar-refractivity contribution in [2.75, 3.05) is 25.5 Å². The van der Waals surface area contributed by atoms with Crippen LogP contribution in [0.3, 0.4) is 0 Å². The SMILES string of the molecule is COc1cc2ncc(-c3cncc(NC4CCCNC4)n3)n2cc1C(C)(C)O. The van der Waals surface area contributed by atoms with Crippen LogP contribution in [0.25, 0.3) is 17.0 Å². The number of methoxy groups -OCH3 is 1. The van der Waals surface area contributed by atoms with Crippen LogP contribution in [0.2, 0.25) is 0 Å². The minimum atomic E-state index is -1.05. The van der Waals surface area contributed by atoms with Crippen molar-refractivity contribution in [1.82, 2.24) is 24.7 Å². The summed E-state index contributed by atoms with van der Waals surface area (Å²) in [7, 11) is 1.59. The second kappa shape index (κ2) is 7.37. The molecule has 3 aromatic rings. The molecule has 8 nitrogen and oxygen atoms in total. The van der Waals surface area contributed by atoms with Gasteiger partial charge in [-0.2, -0.15) is 0 Å². The highest BCUT2D eigenvalue weighted by Crippen LogP contribution is 2.32. The number of imidazole rings is 1. The van der Waals surface area contributed by atoms with Crippen LogP contribution in [0.4, 0.5) is 5.82 Å². The predicted molar refractivity (Wildman–Crippen MR) is 108 cm³/mol. The molecule has 0 amide bonds. The third-order valence-corrected chi connectivity index (χ3v) is 5.03. The first-order valence-corrected chi connectivity index (χ1v) is 9.53. The van der Waals surface area contributed by atoms with Gasteiger partial charge in [0.1, 0.15) is 22.9 Å². The topological polar surface area (TPSA) is 96.6 Å². The predicted octanol–water partition coefficient (Wildman–Crippen LogP) is 2.19. The number of anilines is 1. The Kier molecular flexibility index (Phi) is 4.91. The lowest BCUT2D eigenvalue weighted by Gasteiger charge is -2.24. The number of hydrogen-bond donors (Lipinski definition) is 3. The van der Waals surface area contributed by atoms with Gasteiger partial charge in [0.05, 0.1) is 37.0 Å². The van der Waals surface area contributed by atoms with Crippen LogP contribution in [-0.2, 0) is 5.60 Å². The van der Waals surface area contributed by atoms with Crippen LogP contribution in [0.5, 0.6) is 5.75 Å². The van der Waals surface area contributed by atoms with Crippen LogP contribution in [0, 0.1) is 0 Å². The molecule has 0 aromatic carbocycles. The van der Waals surface area contributed by atoms with Gasteiger partial charge in [-0.05, 0) is 33.2 Å². The third kappa shape index (κ3) is 3.65. The summed E-state index contributed by atoms with van der Waals surface area (Å²) in [5.74, 6) is 1.35. The van der Waals surface area contributed by atoms with E-state index in [1.54, 1.807) is 39.5 Å². The number of hydrogen-bond acceptors (Lipinski definition) is 7. The Hall–Kier alpha value is -2.71. The van der Waals surface area contributed by atoms with Gasteiger partial charge in [0, 0.05) is 30.4 Å². The van der Waals surface area contributed by atoms with E-state index in [1.807, 2.05) is 16.7 Å². The molecule has 4 heterocycles. The Morgan fingerprint density at radius 2 is 2.18 bits per heavy atom.